The molecule has 0 unspecified atom stereocenters. The molecule has 90 valence electrons. The van der Waals surface area contributed by atoms with Crippen LogP contribution in [0.4, 0.5) is 0 Å². The van der Waals surface area contributed by atoms with Crippen LogP contribution in [0.5, 0.6) is 0 Å². The summed E-state index contributed by atoms with van der Waals surface area (Å²) in [4.78, 5) is 0. The minimum atomic E-state index is 1.05. The second-order valence-electron chi connectivity index (χ2n) is 5.38. The molecule has 0 saturated heterocycles. The Morgan fingerprint density at radius 1 is 0.895 bits per heavy atom. The maximum absolute atomic E-state index is 2.34. The lowest BCUT2D eigenvalue weighted by atomic mass is 9.83. The van der Waals surface area contributed by atoms with Gasteiger partial charge in [-0.1, -0.05) is 6.07 Å². The normalized spacial score (nSPS) is 12.7. The van der Waals surface area contributed by atoms with E-state index in [2.05, 4.69) is 67.9 Å². The minimum Gasteiger partial charge on any atom is -0.0573 e. The lowest BCUT2D eigenvalue weighted by Gasteiger charge is -2.14. The van der Waals surface area contributed by atoms with Crippen molar-refractivity contribution in [3.63, 3.8) is 0 Å². The van der Waals surface area contributed by atoms with Gasteiger partial charge in [0.2, 0.25) is 0 Å². The fraction of sp³-hybridized carbons (Fsp3) is 0.105. The third-order valence-corrected chi connectivity index (χ3v) is 4.04. The molecule has 19 heavy (non-hydrogen) atoms. The average Bonchev–Trinajstić information content (AvgIpc) is 2.45. The van der Waals surface area contributed by atoms with E-state index in [0.717, 1.165) is 6.42 Å². The molecule has 0 amide bonds. The first kappa shape index (κ1) is 10.7. The highest BCUT2D eigenvalue weighted by Crippen LogP contribution is 2.33. The monoisotopic (exact) mass is 243 g/mol. The predicted molar refractivity (Wildman–Crippen MR) is 80.4 cm³/mol. The summed E-state index contributed by atoms with van der Waals surface area (Å²) in [5, 5.41) is 2.71. The second kappa shape index (κ2) is 3.89. The van der Waals surface area contributed by atoms with Gasteiger partial charge in [-0.2, -0.15) is 0 Å². The van der Waals surface area contributed by atoms with Gasteiger partial charge in [0, 0.05) is 29.0 Å². The molecule has 0 bridgehead atoms. The quantitative estimate of drug-likeness (QED) is 0.394. The van der Waals surface area contributed by atoms with E-state index in [9.17, 15) is 0 Å². The fourth-order valence-corrected chi connectivity index (χ4v) is 3.02. The van der Waals surface area contributed by atoms with E-state index in [-0.39, 0.29) is 0 Å². The smallest absolute Gasteiger partial charge is 0.0573 e. The Kier molecular flexibility index (Phi) is 2.19. The zero-order chi connectivity index (χ0) is 12.8. The summed E-state index contributed by atoms with van der Waals surface area (Å²) >= 11 is 0. The van der Waals surface area contributed by atoms with Crippen molar-refractivity contribution in [1.82, 2.24) is 0 Å². The van der Waals surface area contributed by atoms with Crippen molar-refractivity contribution >= 4 is 10.8 Å². The van der Waals surface area contributed by atoms with Crippen molar-refractivity contribution < 1.29 is 0 Å². The number of rotatable bonds is 0. The molecule has 0 fully saturated rings. The molecule has 0 saturated carbocycles. The molecule has 3 aromatic carbocycles. The van der Waals surface area contributed by atoms with Crippen LogP contribution in [0, 0.1) is 13.3 Å². The van der Waals surface area contributed by atoms with Crippen LogP contribution in [0.3, 0.4) is 0 Å². The highest BCUT2D eigenvalue weighted by atomic mass is 14.2. The van der Waals surface area contributed by atoms with Crippen molar-refractivity contribution in [2.45, 2.75) is 13.3 Å². The van der Waals surface area contributed by atoms with E-state index in [1.165, 1.54) is 38.6 Å². The van der Waals surface area contributed by atoms with Crippen molar-refractivity contribution in [2.24, 2.45) is 0 Å². The SMILES string of the molecule is Cc1ccc2ccc3c(c2c1)[CH+]c1ccccc1C3. The molecule has 0 spiro atoms. The summed E-state index contributed by atoms with van der Waals surface area (Å²) in [6.07, 6.45) is 3.39. The number of hydrogen-bond acceptors (Lipinski definition) is 0. The first-order valence-corrected chi connectivity index (χ1v) is 6.76. The van der Waals surface area contributed by atoms with E-state index in [0.29, 0.717) is 0 Å². The van der Waals surface area contributed by atoms with Gasteiger partial charge >= 0.3 is 0 Å². The highest BCUT2D eigenvalue weighted by molar-refractivity contribution is 5.90. The van der Waals surface area contributed by atoms with E-state index in [1.54, 1.807) is 0 Å². The number of benzene rings is 3. The molecule has 0 N–H and O–H groups in total. The Hall–Kier alpha value is -2.21. The minimum absolute atomic E-state index is 1.05. The predicted octanol–water partition coefficient (Wildman–Crippen LogP) is 4.65. The van der Waals surface area contributed by atoms with Gasteiger partial charge in [0.25, 0.3) is 0 Å². The number of fused-ring (bicyclic) bond motifs is 4. The van der Waals surface area contributed by atoms with Crippen LogP contribution >= 0.6 is 0 Å². The van der Waals surface area contributed by atoms with Gasteiger partial charge in [-0.3, -0.25) is 0 Å². The van der Waals surface area contributed by atoms with Gasteiger partial charge in [0.1, 0.15) is 0 Å². The zero-order valence-electron chi connectivity index (χ0n) is 11.0. The Labute approximate surface area is 113 Å². The molecule has 0 radical (unpaired) electrons. The topological polar surface area (TPSA) is 0 Å². The second-order valence-corrected chi connectivity index (χ2v) is 5.38. The Bertz CT molecular complexity index is 781. The highest BCUT2D eigenvalue weighted by Gasteiger charge is 2.23. The van der Waals surface area contributed by atoms with Crippen LogP contribution < -0.4 is 0 Å². The van der Waals surface area contributed by atoms with Gasteiger partial charge in [0.05, 0.1) is 22.9 Å². The van der Waals surface area contributed by atoms with Crippen LogP contribution in [0.2, 0.25) is 0 Å². The van der Waals surface area contributed by atoms with Crippen LogP contribution in [0.1, 0.15) is 27.8 Å². The summed E-state index contributed by atoms with van der Waals surface area (Å²) in [6.45, 7) is 2.16. The van der Waals surface area contributed by atoms with Crippen molar-refractivity contribution in [3.05, 3.63) is 88.8 Å². The molecule has 1 aliphatic carbocycles. The Balaban J connectivity index is 1.98. The summed E-state index contributed by atoms with van der Waals surface area (Å²) in [6, 6.07) is 19.9. The molecule has 4 rings (SSSR count). The Morgan fingerprint density at radius 3 is 2.68 bits per heavy atom. The van der Waals surface area contributed by atoms with Crippen molar-refractivity contribution in [3.8, 4) is 0 Å². The maximum Gasteiger partial charge on any atom is 0.0846 e. The van der Waals surface area contributed by atoms with Gasteiger partial charge in [-0.25, -0.2) is 0 Å². The first-order valence-electron chi connectivity index (χ1n) is 6.76. The third-order valence-electron chi connectivity index (χ3n) is 4.04. The van der Waals surface area contributed by atoms with E-state index in [4.69, 9.17) is 0 Å². The van der Waals surface area contributed by atoms with E-state index < -0.39 is 0 Å². The lowest BCUT2D eigenvalue weighted by Crippen LogP contribution is -2.06. The van der Waals surface area contributed by atoms with E-state index in [1.807, 2.05) is 0 Å². The molecular formula is C19H15+. The number of aryl methyl sites for hydroxylation is 1. The largest absolute Gasteiger partial charge is 0.0846 e. The molecule has 3 aromatic rings. The third kappa shape index (κ3) is 1.64. The summed E-state index contributed by atoms with van der Waals surface area (Å²) in [5.41, 5.74) is 6.97. The molecule has 0 atom stereocenters. The molecule has 0 nitrogen and oxygen atoms in total. The molecule has 0 heterocycles. The summed E-state index contributed by atoms with van der Waals surface area (Å²) in [7, 11) is 0. The number of hydrogen-bond donors (Lipinski definition) is 0. The fourth-order valence-electron chi connectivity index (χ4n) is 3.02. The van der Waals surface area contributed by atoms with Crippen molar-refractivity contribution in [2.75, 3.05) is 0 Å². The lowest BCUT2D eigenvalue weighted by molar-refractivity contribution is 1.11. The first-order chi connectivity index (χ1) is 9.31. The van der Waals surface area contributed by atoms with Gasteiger partial charge in [-0.05, 0) is 55.0 Å². The van der Waals surface area contributed by atoms with Crippen LogP contribution in [-0.4, -0.2) is 0 Å². The van der Waals surface area contributed by atoms with Crippen LogP contribution in [-0.2, 0) is 6.42 Å². The van der Waals surface area contributed by atoms with E-state index >= 15 is 0 Å². The average molecular weight is 243 g/mol. The van der Waals surface area contributed by atoms with Crippen LogP contribution in [0.15, 0.2) is 54.6 Å². The molecule has 0 aliphatic heterocycles. The molecular weight excluding hydrogens is 228 g/mol. The van der Waals surface area contributed by atoms with Crippen LogP contribution in [0.25, 0.3) is 10.8 Å². The standard InChI is InChI=1S/C19H15/c1-13-6-7-14-8-9-17-11-15-4-2-3-5-16(15)12-19(17)18(14)10-13/h2-10,12H,11H2,1H3/q+1. The Morgan fingerprint density at radius 2 is 1.74 bits per heavy atom. The molecule has 0 heteroatoms. The summed E-state index contributed by atoms with van der Waals surface area (Å²) in [5.74, 6) is 0. The maximum atomic E-state index is 2.34. The van der Waals surface area contributed by atoms with Gasteiger partial charge < -0.3 is 0 Å². The zero-order valence-corrected chi connectivity index (χ0v) is 11.0. The van der Waals surface area contributed by atoms with Gasteiger partial charge in [-0.15, -0.1) is 0 Å². The molecule has 1 aliphatic rings. The molecule has 0 aromatic heterocycles. The summed E-state index contributed by atoms with van der Waals surface area (Å²) < 4.78 is 0. The van der Waals surface area contributed by atoms with Gasteiger partial charge in [0.15, 0.2) is 0 Å². The van der Waals surface area contributed by atoms with Crippen molar-refractivity contribution in [1.29, 1.82) is 0 Å².